The minimum absolute atomic E-state index is 0.132. The van der Waals surface area contributed by atoms with Gasteiger partial charge in [-0.05, 0) is 71.2 Å². The quantitative estimate of drug-likeness (QED) is 0.681. The molecule has 2 aromatic carbocycles. The van der Waals surface area contributed by atoms with Crippen LogP contribution in [0.15, 0.2) is 40.9 Å². The van der Waals surface area contributed by atoms with Crippen molar-refractivity contribution >= 4 is 39.1 Å². The summed E-state index contributed by atoms with van der Waals surface area (Å²) in [5.74, 6) is -0.251. The fourth-order valence-corrected chi connectivity index (χ4v) is 2.95. The number of benzene rings is 2. The van der Waals surface area contributed by atoms with Gasteiger partial charge in [0.05, 0.1) is 4.47 Å². The number of halogens is 4. The molecule has 112 valence electrons. The Morgan fingerprint density at radius 1 is 1.19 bits per heavy atom. The SMILES string of the molecule is CC(NCCc1ccc(Cl)cc1Cl)c1ccc(F)c(Br)c1. The van der Waals surface area contributed by atoms with Gasteiger partial charge in [0.15, 0.2) is 0 Å². The van der Waals surface area contributed by atoms with E-state index in [9.17, 15) is 4.39 Å². The zero-order valence-electron chi connectivity index (χ0n) is 11.5. The predicted molar refractivity (Wildman–Crippen MR) is 90.7 cm³/mol. The van der Waals surface area contributed by atoms with Gasteiger partial charge >= 0.3 is 0 Å². The summed E-state index contributed by atoms with van der Waals surface area (Å²) in [6.07, 6.45) is 0.808. The minimum Gasteiger partial charge on any atom is -0.310 e. The van der Waals surface area contributed by atoms with E-state index in [1.807, 2.05) is 19.1 Å². The molecule has 0 bridgehead atoms. The van der Waals surface area contributed by atoms with Crippen molar-refractivity contribution < 1.29 is 4.39 Å². The fourth-order valence-electron chi connectivity index (χ4n) is 2.05. The molecule has 1 N–H and O–H groups in total. The smallest absolute Gasteiger partial charge is 0.137 e. The van der Waals surface area contributed by atoms with Crippen molar-refractivity contribution in [2.75, 3.05) is 6.54 Å². The highest BCUT2D eigenvalue weighted by Gasteiger charge is 2.08. The van der Waals surface area contributed by atoms with Gasteiger partial charge in [-0.25, -0.2) is 4.39 Å². The third-order valence-corrected chi connectivity index (χ3v) is 4.50. The molecule has 2 aromatic rings. The van der Waals surface area contributed by atoms with Crippen molar-refractivity contribution in [2.24, 2.45) is 0 Å². The van der Waals surface area contributed by atoms with Crippen molar-refractivity contribution in [3.8, 4) is 0 Å². The van der Waals surface area contributed by atoms with Crippen LogP contribution in [0.5, 0.6) is 0 Å². The Bertz CT molecular complexity index is 634. The van der Waals surface area contributed by atoms with Crippen LogP contribution in [0.25, 0.3) is 0 Å². The Kier molecular flexibility index (Phi) is 6.06. The van der Waals surface area contributed by atoms with E-state index < -0.39 is 0 Å². The summed E-state index contributed by atoms with van der Waals surface area (Å²) in [6, 6.07) is 10.7. The summed E-state index contributed by atoms with van der Waals surface area (Å²) in [4.78, 5) is 0. The molecule has 0 saturated heterocycles. The summed E-state index contributed by atoms with van der Waals surface area (Å²) in [7, 11) is 0. The third kappa shape index (κ3) is 4.68. The molecule has 2 rings (SSSR count). The van der Waals surface area contributed by atoms with Crippen molar-refractivity contribution in [3.05, 3.63) is 67.9 Å². The lowest BCUT2D eigenvalue weighted by molar-refractivity contribution is 0.572. The average Bonchev–Trinajstić information content (AvgIpc) is 2.44. The summed E-state index contributed by atoms with van der Waals surface area (Å²) < 4.78 is 13.7. The van der Waals surface area contributed by atoms with Crippen molar-refractivity contribution in [2.45, 2.75) is 19.4 Å². The molecule has 0 amide bonds. The van der Waals surface area contributed by atoms with Gasteiger partial charge in [0, 0.05) is 16.1 Å². The van der Waals surface area contributed by atoms with Crippen LogP contribution in [0.4, 0.5) is 4.39 Å². The Balaban J connectivity index is 1.92. The Labute approximate surface area is 142 Å². The highest BCUT2D eigenvalue weighted by molar-refractivity contribution is 9.10. The third-order valence-electron chi connectivity index (χ3n) is 3.30. The van der Waals surface area contributed by atoms with Gasteiger partial charge in [0.1, 0.15) is 5.82 Å². The van der Waals surface area contributed by atoms with E-state index in [2.05, 4.69) is 21.2 Å². The molecule has 21 heavy (non-hydrogen) atoms. The number of nitrogens with one attached hydrogen (secondary N) is 1. The summed E-state index contributed by atoms with van der Waals surface area (Å²) in [6.45, 7) is 2.82. The second-order valence-corrected chi connectivity index (χ2v) is 6.53. The van der Waals surface area contributed by atoms with Crippen LogP contribution >= 0.6 is 39.1 Å². The number of rotatable bonds is 5. The van der Waals surface area contributed by atoms with Gasteiger partial charge in [0.2, 0.25) is 0 Å². The van der Waals surface area contributed by atoms with Crippen molar-refractivity contribution in [3.63, 3.8) is 0 Å². The second kappa shape index (κ2) is 7.59. The Hall–Kier alpha value is -0.610. The molecule has 0 heterocycles. The van der Waals surface area contributed by atoms with E-state index in [0.717, 1.165) is 24.1 Å². The van der Waals surface area contributed by atoms with Gasteiger partial charge < -0.3 is 5.32 Å². The van der Waals surface area contributed by atoms with Gasteiger partial charge in [-0.2, -0.15) is 0 Å². The van der Waals surface area contributed by atoms with Crippen LogP contribution < -0.4 is 5.32 Å². The topological polar surface area (TPSA) is 12.0 Å². The number of hydrogen-bond donors (Lipinski definition) is 1. The monoisotopic (exact) mass is 389 g/mol. The van der Waals surface area contributed by atoms with Crippen LogP contribution in [0.2, 0.25) is 10.0 Å². The minimum atomic E-state index is -0.251. The largest absolute Gasteiger partial charge is 0.310 e. The normalized spacial score (nSPS) is 12.4. The molecule has 0 fully saturated rings. The van der Waals surface area contributed by atoms with E-state index in [4.69, 9.17) is 23.2 Å². The summed E-state index contributed by atoms with van der Waals surface area (Å²) in [5.41, 5.74) is 2.09. The fraction of sp³-hybridized carbons (Fsp3) is 0.250. The molecule has 0 aliphatic rings. The average molecular weight is 391 g/mol. The molecule has 0 aliphatic carbocycles. The zero-order valence-corrected chi connectivity index (χ0v) is 14.6. The Morgan fingerprint density at radius 2 is 1.95 bits per heavy atom. The van der Waals surface area contributed by atoms with Crippen molar-refractivity contribution in [1.29, 1.82) is 0 Å². The lowest BCUT2D eigenvalue weighted by atomic mass is 10.1. The standard InChI is InChI=1S/C16H15BrCl2FN/c1-10(12-3-5-16(20)14(17)8-12)21-7-6-11-2-4-13(18)9-15(11)19/h2-5,8-10,21H,6-7H2,1H3. The first kappa shape index (κ1) is 16.8. The molecule has 1 unspecified atom stereocenters. The van der Waals surface area contributed by atoms with Crippen LogP contribution in [-0.2, 0) is 6.42 Å². The lowest BCUT2D eigenvalue weighted by Crippen LogP contribution is -2.21. The molecule has 0 aliphatic heterocycles. The first-order valence-corrected chi connectivity index (χ1v) is 8.14. The van der Waals surface area contributed by atoms with E-state index in [0.29, 0.717) is 14.5 Å². The van der Waals surface area contributed by atoms with Crippen molar-refractivity contribution in [1.82, 2.24) is 5.32 Å². The molecule has 5 heteroatoms. The maximum atomic E-state index is 13.2. The van der Waals surface area contributed by atoms with Gasteiger partial charge in [-0.3, -0.25) is 0 Å². The van der Waals surface area contributed by atoms with Crippen LogP contribution in [0, 0.1) is 5.82 Å². The molecule has 0 spiro atoms. The van der Waals surface area contributed by atoms with E-state index in [1.165, 1.54) is 6.07 Å². The Morgan fingerprint density at radius 3 is 2.62 bits per heavy atom. The van der Waals surface area contributed by atoms with Crippen LogP contribution in [0.1, 0.15) is 24.1 Å². The summed E-state index contributed by atoms with van der Waals surface area (Å²) in [5, 5.41) is 4.72. The second-order valence-electron chi connectivity index (χ2n) is 4.84. The van der Waals surface area contributed by atoms with Gasteiger partial charge in [-0.1, -0.05) is 35.3 Å². The molecule has 0 saturated carbocycles. The first-order chi connectivity index (χ1) is 9.97. The van der Waals surface area contributed by atoms with E-state index in [-0.39, 0.29) is 11.9 Å². The lowest BCUT2D eigenvalue weighted by Gasteiger charge is -2.15. The van der Waals surface area contributed by atoms with Gasteiger partial charge in [0.25, 0.3) is 0 Å². The van der Waals surface area contributed by atoms with E-state index >= 15 is 0 Å². The maximum absolute atomic E-state index is 13.2. The molecule has 0 aromatic heterocycles. The first-order valence-electron chi connectivity index (χ1n) is 6.59. The number of hydrogen-bond acceptors (Lipinski definition) is 1. The zero-order chi connectivity index (χ0) is 15.4. The summed E-state index contributed by atoms with van der Waals surface area (Å²) >= 11 is 15.2. The van der Waals surface area contributed by atoms with E-state index in [1.54, 1.807) is 18.2 Å². The molecule has 1 atom stereocenters. The predicted octanol–water partition coefficient (Wildman–Crippen LogP) is 5.79. The van der Waals surface area contributed by atoms with Gasteiger partial charge in [-0.15, -0.1) is 0 Å². The van der Waals surface area contributed by atoms with Crippen LogP contribution in [0.3, 0.4) is 0 Å². The molecule has 1 nitrogen and oxygen atoms in total. The molecular weight excluding hydrogens is 376 g/mol. The van der Waals surface area contributed by atoms with Crippen LogP contribution in [-0.4, -0.2) is 6.54 Å². The highest BCUT2D eigenvalue weighted by Crippen LogP contribution is 2.23. The molecule has 0 radical (unpaired) electrons. The molecular formula is C16H15BrCl2FN. The highest BCUT2D eigenvalue weighted by atomic mass is 79.9. The maximum Gasteiger partial charge on any atom is 0.137 e.